The molecule has 0 spiro atoms. The Morgan fingerprint density at radius 1 is 0.720 bits per heavy atom. The minimum absolute atomic E-state index is 0.0156. The van der Waals surface area contributed by atoms with E-state index in [0.717, 1.165) is 80.9 Å². The average Bonchev–Trinajstić information content (AvgIpc) is 3.78. The van der Waals surface area contributed by atoms with Crippen LogP contribution in [-0.4, -0.2) is 10.2 Å². The molecule has 0 radical (unpaired) electrons. The van der Waals surface area contributed by atoms with Gasteiger partial charge in [-0.15, -0.1) is 0 Å². The fourth-order valence-electron chi connectivity index (χ4n) is 11.4. The standard InChI is InChI=1S/C46H36N2O2/c1-45-14-16-46(2,17-15-45)44(49)33-22-36-31(21-35(33)45)32-18-26(28-7-5-8-30-29-6-3-4-9-38(29)50-43(28)30)19-34-41-37(48(36)42(32)34)20-27(23-47)39-24-10-12-25(13-11-24)40(39)41/h3-9,18-22,24-25H,10-17H2,1-2H3. The zero-order chi connectivity index (χ0) is 33.3. The fourth-order valence-corrected chi connectivity index (χ4v) is 11.4. The molecule has 50 heavy (non-hydrogen) atoms. The van der Waals surface area contributed by atoms with E-state index in [9.17, 15) is 10.1 Å². The molecule has 4 bridgehead atoms. The first-order chi connectivity index (χ1) is 24.3. The van der Waals surface area contributed by atoms with Gasteiger partial charge in [-0.3, -0.25) is 4.79 Å². The summed E-state index contributed by atoms with van der Waals surface area (Å²) in [5.41, 5.74) is 12.9. The number of carbonyl (C=O) groups is 1. The van der Waals surface area contributed by atoms with Crippen molar-refractivity contribution in [2.75, 3.05) is 0 Å². The molecule has 0 unspecified atom stereocenters. The first-order valence-electron chi connectivity index (χ1n) is 18.6. The number of nitrogens with zero attached hydrogens (tertiary/aromatic N) is 2. The van der Waals surface area contributed by atoms with Gasteiger partial charge in [0.05, 0.1) is 28.2 Å². The molecule has 2 fully saturated rings. The van der Waals surface area contributed by atoms with E-state index in [1.807, 2.05) is 6.07 Å². The van der Waals surface area contributed by atoms with Gasteiger partial charge in [-0.1, -0.05) is 50.2 Å². The van der Waals surface area contributed by atoms with Gasteiger partial charge >= 0.3 is 0 Å². The molecule has 0 aliphatic heterocycles. The maximum Gasteiger partial charge on any atom is 0.169 e. The van der Waals surface area contributed by atoms with Crippen molar-refractivity contribution >= 4 is 65.8 Å². The second-order valence-electron chi connectivity index (χ2n) is 16.7. The summed E-state index contributed by atoms with van der Waals surface area (Å²) >= 11 is 0. The van der Waals surface area contributed by atoms with Gasteiger partial charge in [0.1, 0.15) is 11.2 Å². The fraction of sp³-hybridized carbons (Fsp3) is 0.304. The van der Waals surface area contributed by atoms with Gasteiger partial charge in [-0.2, -0.15) is 5.26 Å². The number of para-hydroxylation sites is 2. The number of nitriles is 1. The molecular formula is C46H36N2O2. The highest BCUT2D eigenvalue weighted by Crippen LogP contribution is 2.57. The largest absolute Gasteiger partial charge is 0.455 e. The predicted octanol–water partition coefficient (Wildman–Crippen LogP) is 12.1. The van der Waals surface area contributed by atoms with Crippen molar-refractivity contribution in [2.24, 2.45) is 5.41 Å². The highest BCUT2D eigenvalue weighted by molar-refractivity contribution is 6.27. The van der Waals surface area contributed by atoms with Crippen molar-refractivity contribution in [3.63, 3.8) is 0 Å². The number of carbonyl (C=O) groups excluding carboxylic acids is 1. The van der Waals surface area contributed by atoms with Gasteiger partial charge in [0.2, 0.25) is 0 Å². The Bertz CT molecular complexity index is 2890. The molecule has 0 amide bonds. The quantitative estimate of drug-likeness (QED) is 0.178. The molecule has 14 rings (SSSR count). The molecule has 8 aromatic rings. The summed E-state index contributed by atoms with van der Waals surface area (Å²) < 4.78 is 9.04. The maximum atomic E-state index is 14.4. The van der Waals surface area contributed by atoms with E-state index in [0.29, 0.717) is 17.6 Å². The van der Waals surface area contributed by atoms with Crippen LogP contribution in [-0.2, 0) is 5.41 Å². The number of hydrogen-bond acceptors (Lipinski definition) is 3. The zero-order valence-electron chi connectivity index (χ0n) is 28.5. The molecule has 3 heterocycles. The molecule has 0 atom stereocenters. The highest BCUT2D eigenvalue weighted by atomic mass is 16.3. The summed E-state index contributed by atoms with van der Waals surface area (Å²) in [7, 11) is 0. The Morgan fingerprint density at radius 3 is 2.24 bits per heavy atom. The van der Waals surface area contributed by atoms with Crippen molar-refractivity contribution in [3.05, 3.63) is 101 Å². The van der Waals surface area contributed by atoms with Crippen LogP contribution in [0.15, 0.2) is 77.2 Å². The summed E-state index contributed by atoms with van der Waals surface area (Å²) in [6.07, 6.45) is 8.71. The van der Waals surface area contributed by atoms with Gasteiger partial charge in [0.15, 0.2) is 5.78 Å². The van der Waals surface area contributed by atoms with Crippen LogP contribution in [0.4, 0.5) is 0 Å². The minimum atomic E-state index is -0.302. The molecule has 0 saturated heterocycles. The van der Waals surface area contributed by atoms with Crippen LogP contribution in [0.1, 0.15) is 110 Å². The summed E-state index contributed by atoms with van der Waals surface area (Å²) in [6, 6.07) is 29.1. The van der Waals surface area contributed by atoms with E-state index in [-0.39, 0.29) is 10.8 Å². The second-order valence-corrected chi connectivity index (χ2v) is 16.7. The lowest BCUT2D eigenvalue weighted by Crippen LogP contribution is -2.33. The first kappa shape index (κ1) is 27.7. The molecule has 6 aliphatic carbocycles. The number of aromatic nitrogens is 1. The number of fused-ring (bicyclic) bond motifs is 13. The lowest BCUT2D eigenvalue weighted by molar-refractivity contribution is 0.0732. The number of furan rings is 1. The Balaban J connectivity index is 1.28. The van der Waals surface area contributed by atoms with Crippen LogP contribution < -0.4 is 0 Å². The summed E-state index contributed by atoms with van der Waals surface area (Å²) in [6.45, 7) is 4.58. The Hall–Kier alpha value is -5.14. The first-order valence-corrected chi connectivity index (χ1v) is 18.6. The molecule has 4 heteroatoms. The predicted molar refractivity (Wildman–Crippen MR) is 201 cm³/mol. The van der Waals surface area contributed by atoms with Gasteiger partial charge in [-0.05, 0) is 127 Å². The van der Waals surface area contributed by atoms with Gasteiger partial charge in [-0.25, -0.2) is 0 Å². The van der Waals surface area contributed by atoms with Crippen molar-refractivity contribution in [1.29, 1.82) is 5.26 Å². The Labute approximate surface area is 289 Å². The van der Waals surface area contributed by atoms with Gasteiger partial charge in [0.25, 0.3) is 0 Å². The number of ketones is 1. The number of benzene rings is 5. The Morgan fingerprint density at radius 2 is 1.44 bits per heavy atom. The van der Waals surface area contributed by atoms with Crippen molar-refractivity contribution in [1.82, 2.24) is 4.40 Å². The van der Waals surface area contributed by atoms with E-state index in [1.54, 1.807) is 0 Å². The zero-order valence-corrected chi connectivity index (χ0v) is 28.5. The van der Waals surface area contributed by atoms with E-state index in [2.05, 4.69) is 91.0 Å². The summed E-state index contributed by atoms with van der Waals surface area (Å²) in [4.78, 5) is 14.4. The van der Waals surface area contributed by atoms with Crippen LogP contribution >= 0.6 is 0 Å². The number of Topliss-reactive ketones (excluding diaryl/α,β-unsaturated/α-hetero) is 1. The van der Waals surface area contributed by atoms with Crippen molar-refractivity contribution in [2.45, 2.75) is 82.5 Å². The van der Waals surface area contributed by atoms with E-state index in [4.69, 9.17) is 4.42 Å². The van der Waals surface area contributed by atoms with Crippen LogP contribution in [0.3, 0.4) is 0 Å². The minimum Gasteiger partial charge on any atom is -0.455 e. The second kappa shape index (κ2) is 8.95. The lowest BCUT2D eigenvalue weighted by Gasteiger charge is -2.39. The lowest BCUT2D eigenvalue weighted by atomic mass is 9.65. The molecule has 6 aliphatic rings. The molecule has 242 valence electrons. The van der Waals surface area contributed by atoms with E-state index < -0.39 is 0 Å². The molecule has 4 nitrogen and oxygen atoms in total. The third kappa shape index (κ3) is 3.17. The third-order valence-corrected chi connectivity index (χ3v) is 14.2. The smallest absolute Gasteiger partial charge is 0.169 e. The summed E-state index contributed by atoms with van der Waals surface area (Å²) in [5, 5.41) is 17.9. The normalized spacial score (nSPS) is 25.7. The monoisotopic (exact) mass is 648 g/mol. The average molecular weight is 649 g/mol. The molecule has 5 aromatic carbocycles. The van der Waals surface area contributed by atoms with Crippen LogP contribution in [0, 0.1) is 16.7 Å². The van der Waals surface area contributed by atoms with Crippen LogP contribution in [0.25, 0.3) is 71.2 Å². The molecule has 2 saturated carbocycles. The SMILES string of the molecule is CC12CCC(C)(CC1)c1cc3c4cc(-c5cccc6c5oc5ccccc56)cc5c6c7c(c(C#N)cc6n(c3cc1C2=O)c45)C1CCC7CC1. The van der Waals surface area contributed by atoms with Crippen molar-refractivity contribution < 1.29 is 9.21 Å². The number of hydrogen-bond donors (Lipinski definition) is 0. The van der Waals surface area contributed by atoms with Crippen LogP contribution in [0.2, 0.25) is 0 Å². The van der Waals surface area contributed by atoms with E-state index in [1.165, 1.54) is 69.4 Å². The maximum absolute atomic E-state index is 14.4. The van der Waals surface area contributed by atoms with Gasteiger partial charge in [0, 0.05) is 48.9 Å². The highest BCUT2D eigenvalue weighted by Gasteiger charge is 2.49. The molecule has 3 aromatic heterocycles. The van der Waals surface area contributed by atoms with Gasteiger partial charge < -0.3 is 8.82 Å². The van der Waals surface area contributed by atoms with E-state index >= 15 is 0 Å². The third-order valence-electron chi connectivity index (χ3n) is 14.2. The number of rotatable bonds is 1. The van der Waals surface area contributed by atoms with Crippen molar-refractivity contribution in [3.8, 4) is 17.2 Å². The summed E-state index contributed by atoms with van der Waals surface area (Å²) in [5.74, 6) is 1.24. The topological polar surface area (TPSA) is 58.4 Å². The van der Waals surface area contributed by atoms with Crippen LogP contribution in [0.5, 0.6) is 0 Å². The molecular weight excluding hydrogens is 613 g/mol. The Kier molecular flexibility index (Phi) is 4.95. The molecule has 0 N–H and O–H groups in total.